The smallest absolute Gasteiger partial charge is 0.246 e. The summed E-state index contributed by atoms with van der Waals surface area (Å²) in [6, 6.07) is 0. The Morgan fingerprint density at radius 1 is 1.23 bits per heavy atom. The van der Waals surface area contributed by atoms with Crippen LogP contribution in [-0.2, 0) is 14.4 Å². The first-order chi connectivity index (χ1) is 10.6. The molecule has 3 amide bonds. The van der Waals surface area contributed by atoms with E-state index in [-0.39, 0.29) is 42.0 Å². The first-order valence-electron chi connectivity index (χ1n) is 7.24. The Balaban J connectivity index is 1.50. The maximum Gasteiger partial charge on any atom is 0.246 e. The van der Waals surface area contributed by atoms with Crippen LogP contribution in [0.3, 0.4) is 0 Å². The van der Waals surface area contributed by atoms with Crippen LogP contribution in [0.25, 0.3) is 0 Å². The molecule has 2 fully saturated rings. The van der Waals surface area contributed by atoms with Crippen LogP contribution in [0.2, 0.25) is 0 Å². The van der Waals surface area contributed by atoms with Crippen molar-refractivity contribution in [3.63, 3.8) is 0 Å². The normalized spacial score (nSPS) is 32.5. The van der Waals surface area contributed by atoms with Gasteiger partial charge in [-0.1, -0.05) is 23.5 Å². The Morgan fingerprint density at radius 3 is 2.36 bits per heavy atom. The molecular formula is C14H14N4O3S. The molecule has 22 heavy (non-hydrogen) atoms. The number of nitrogens with one attached hydrogen (secondary N) is 1. The predicted molar refractivity (Wildman–Crippen MR) is 77.6 cm³/mol. The summed E-state index contributed by atoms with van der Waals surface area (Å²) < 4.78 is 0. The van der Waals surface area contributed by atoms with Gasteiger partial charge < -0.3 is 0 Å². The molecule has 4 atom stereocenters. The third-order valence-electron chi connectivity index (χ3n) is 4.76. The molecule has 8 heteroatoms. The molecule has 5 rings (SSSR count). The van der Waals surface area contributed by atoms with Crippen LogP contribution in [0.5, 0.6) is 0 Å². The molecule has 0 radical (unpaired) electrons. The van der Waals surface area contributed by atoms with Crippen molar-refractivity contribution >= 4 is 34.2 Å². The van der Waals surface area contributed by atoms with Gasteiger partial charge in [0.1, 0.15) is 12.1 Å². The van der Waals surface area contributed by atoms with Gasteiger partial charge in [0.15, 0.2) is 0 Å². The number of hydrogen-bond acceptors (Lipinski definition) is 6. The minimum absolute atomic E-state index is 0.141. The van der Waals surface area contributed by atoms with Gasteiger partial charge in [0, 0.05) is 0 Å². The Hall–Kier alpha value is -2.09. The van der Waals surface area contributed by atoms with Gasteiger partial charge >= 0.3 is 0 Å². The average Bonchev–Trinajstić information content (AvgIpc) is 3.12. The SMILES string of the molecule is O=C(CN1C(=O)[C@@H]2[C@@H](C1=O)[C@H]1C=C[C@H]2CC1)Nc1nncs1. The van der Waals surface area contributed by atoms with E-state index in [2.05, 4.69) is 27.7 Å². The average molecular weight is 318 g/mol. The predicted octanol–water partition coefficient (Wildman–Crippen LogP) is 0.674. The van der Waals surface area contributed by atoms with Gasteiger partial charge in [-0.15, -0.1) is 10.2 Å². The van der Waals surface area contributed by atoms with E-state index in [4.69, 9.17) is 0 Å². The monoisotopic (exact) mass is 318 g/mol. The van der Waals surface area contributed by atoms with E-state index in [9.17, 15) is 14.4 Å². The number of anilines is 1. The number of hydrogen-bond donors (Lipinski definition) is 1. The van der Waals surface area contributed by atoms with Gasteiger partial charge in [0.2, 0.25) is 22.9 Å². The van der Waals surface area contributed by atoms with Crippen molar-refractivity contribution in [2.75, 3.05) is 11.9 Å². The Bertz CT molecular complexity index is 640. The highest BCUT2D eigenvalue weighted by Crippen LogP contribution is 2.49. The largest absolute Gasteiger partial charge is 0.299 e. The van der Waals surface area contributed by atoms with Crippen LogP contribution in [-0.4, -0.2) is 39.4 Å². The lowest BCUT2D eigenvalue weighted by Crippen LogP contribution is -2.38. The molecule has 1 N–H and O–H groups in total. The van der Waals surface area contributed by atoms with Gasteiger partial charge in [0.25, 0.3) is 0 Å². The fraction of sp³-hybridized carbons (Fsp3) is 0.500. The summed E-state index contributed by atoms with van der Waals surface area (Å²) in [5.41, 5.74) is 1.50. The van der Waals surface area contributed by atoms with Crippen molar-refractivity contribution in [2.45, 2.75) is 12.8 Å². The number of imide groups is 1. The molecule has 4 aliphatic rings. The van der Waals surface area contributed by atoms with Crippen molar-refractivity contribution in [3.8, 4) is 0 Å². The van der Waals surface area contributed by atoms with Crippen LogP contribution in [0.15, 0.2) is 17.7 Å². The molecule has 114 valence electrons. The third kappa shape index (κ3) is 1.98. The summed E-state index contributed by atoms with van der Waals surface area (Å²) >= 11 is 1.19. The van der Waals surface area contributed by atoms with Crippen LogP contribution in [0.1, 0.15) is 12.8 Å². The summed E-state index contributed by atoms with van der Waals surface area (Å²) in [6.07, 6.45) is 6.02. The van der Waals surface area contributed by atoms with E-state index in [0.29, 0.717) is 5.13 Å². The molecule has 0 aromatic carbocycles. The second kappa shape index (κ2) is 4.98. The fourth-order valence-corrected chi connectivity index (χ4v) is 4.28. The number of fused-ring (bicyclic) bond motifs is 1. The Kier molecular flexibility index (Phi) is 3.07. The van der Waals surface area contributed by atoms with E-state index in [1.165, 1.54) is 16.8 Å². The van der Waals surface area contributed by atoms with Crippen molar-refractivity contribution in [2.24, 2.45) is 23.7 Å². The number of amides is 3. The zero-order chi connectivity index (χ0) is 15.3. The minimum atomic E-state index is -0.419. The number of allylic oxidation sites excluding steroid dienone is 2. The topological polar surface area (TPSA) is 92.3 Å². The second-order valence-electron chi connectivity index (χ2n) is 5.90. The molecular weight excluding hydrogens is 304 g/mol. The Morgan fingerprint density at radius 2 is 1.86 bits per heavy atom. The van der Waals surface area contributed by atoms with Crippen molar-refractivity contribution in [1.82, 2.24) is 15.1 Å². The first-order valence-corrected chi connectivity index (χ1v) is 8.12. The van der Waals surface area contributed by atoms with Crippen LogP contribution >= 0.6 is 11.3 Å². The van der Waals surface area contributed by atoms with Gasteiger partial charge in [0.05, 0.1) is 11.8 Å². The zero-order valence-electron chi connectivity index (χ0n) is 11.6. The molecule has 7 nitrogen and oxygen atoms in total. The lowest BCUT2D eigenvalue weighted by molar-refractivity contribution is -0.142. The molecule has 2 bridgehead atoms. The molecule has 2 heterocycles. The molecule has 1 aromatic heterocycles. The third-order valence-corrected chi connectivity index (χ3v) is 5.37. The highest BCUT2D eigenvalue weighted by atomic mass is 32.1. The number of nitrogens with zero attached hydrogens (tertiary/aromatic N) is 3. The standard InChI is InChI=1S/C14H14N4O3S/c19-9(16-14-17-15-6-22-14)5-18-12(20)10-7-1-2-8(4-3-7)11(10)13(18)21/h1-2,6-8,10-11H,3-5H2,(H,16,17,19)/t7-,8-,10-,11-/m0/s1. The molecule has 0 spiro atoms. The quantitative estimate of drug-likeness (QED) is 0.653. The fourth-order valence-electron chi connectivity index (χ4n) is 3.82. The molecule has 1 saturated carbocycles. The maximum absolute atomic E-state index is 12.5. The Labute approximate surface area is 130 Å². The van der Waals surface area contributed by atoms with E-state index in [1.807, 2.05) is 0 Å². The first kappa shape index (κ1) is 13.6. The van der Waals surface area contributed by atoms with Crippen LogP contribution < -0.4 is 5.32 Å². The van der Waals surface area contributed by atoms with E-state index in [1.54, 1.807) is 0 Å². The summed E-state index contributed by atoms with van der Waals surface area (Å²) in [5.74, 6) is -1.10. The van der Waals surface area contributed by atoms with Crippen LogP contribution in [0, 0.1) is 23.7 Å². The summed E-state index contributed by atoms with van der Waals surface area (Å²) in [6.45, 7) is -0.246. The van der Waals surface area contributed by atoms with Crippen LogP contribution in [0.4, 0.5) is 5.13 Å². The number of aromatic nitrogens is 2. The minimum Gasteiger partial charge on any atom is -0.299 e. The number of carbonyl (C=O) groups excluding carboxylic acids is 3. The van der Waals surface area contributed by atoms with Crippen molar-refractivity contribution in [1.29, 1.82) is 0 Å². The van der Waals surface area contributed by atoms with Crippen molar-refractivity contribution in [3.05, 3.63) is 17.7 Å². The molecule has 1 aliphatic heterocycles. The molecule has 3 aliphatic carbocycles. The summed E-state index contributed by atoms with van der Waals surface area (Å²) in [5, 5.41) is 10.3. The number of rotatable bonds is 3. The van der Waals surface area contributed by atoms with Gasteiger partial charge in [-0.05, 0) is 24.7 Å². The number of likely N-dealkylation sites (tertiary alicyclic amines) is 1. The summed E-state index contributed by atoms with van der Waals surface area (Å²) in [7, 11) is 0. The van der Waals surface area contributed by atoms with E-state index in [0.717, 1.165) is 17.7 Å². The zero-order valence-corrected chi connectivity index (χ0v) is 12.5. The maximum atomic E-state index is 12.5. The van der Waals surface area contributed by atoms with Gasteiger partial charge in [-0.25, -0.2) is 0 Å². The van der Waals surface area contributed by atoms with Gasteiger partial charge in [-0.3, -0.25) is 24.6 Å². The molecule has 1 aromatic rings. The lowest BCUT2D eigenvalue weighted by Gasteiger charge is -2.38. The second-order valence-corrected chi connectivity index (χ2v) is 6.73. The molecule has 1 saturated heterocycles. The van der Waals surface area contributed by atoms with Crippen molar-refractivity contribution < 1.29 is 14.4 Å². The number of carbonyl (C=O) groups is 3. The van der Waals surface area contributed by atoms with Gasteiger partial charge in [-0.2, -0.15) is 0 Å². The highest BCUT2D eigenvalue weighted by Gasteiger charge is 2.56. The van der Waals surface area contributed by atoms with E-state index < -0.39 is 5.91 Å². The highest BCUT2D eigenvalue weighted by molar-refractivity contribution is 7.13. The van der Waals surface area contributed by atoms with E-state index >= 15 is 0 Å². The molecule has 0 unspecified atom stereocenters. The summed E-state index contributed by atoms with van der Waals surface area (Å²) in [4.78, 5) is 38.2. The lowest BCUT2D eigenvalue weighted by atomic mass is 9.63.